The molecule has 5 heteroatoms. The molecule has 1 atom stereocenters. The number of hydrogen-bond donors (Lipinski definition) is 2. The molecule has 21 heavy (non-hydrogen) atoms. The van der Waals surface area contributed by atoms with Crippen molar-refractivity contribution in [1.29, 1.82) is 0 Å². The molecular weight excluding hydrogens is 264 g/mol. The number of nitrogens with zero attached hydrogens (tertiary/aromatic N) is 2. The first kappa shape index (κ1) is 17.5. The molecule has 0 radical (unpaired) electrons. The molecule has 5 nitrogen and oxygen atoms in total. The van der Waals surface area contributed by atoms with Gasteiger partial charge in [-0.2, -0.15) is 0 Å². The Labute approximate surface area is 128 Å². The maximum Gasteiger partial charge on any atom is 0.191 e. The van der Waals surface area contributed by atoms with Crippen LogP contribution < -0.4 is 10.6 Å². The first-order valence-electron chi connectivity index (χ1n) is 7.97. The minimum atomic E-state index is 0.446. The Bertz CT molecular complexity index is 420. The van der Waals surface area contributed by atoms with Crippen LogP contribution >= 0.6 is 0 Å². The molecule has 0 fully saturated rings. The van der Waals surface area contributed by atoms with Crippen molar-refractivity contribution in [2.45, 2.75) is 65.8 Å². The third-order valence-electron chi connectivity index (χ3n) is 3.70. The Balaban J connectivity index is 2.31. The van der Waals surface area contributed by atoms with Gasteiger partial charge in [-0.15, -0.1) is 0 Å². The highest BCUT2D eigenvalue weighted by Gasteiger charge is 2.09. The number of aromatic nitrogens is 1. The SMILES string of the molecule is CCCCCC(C)NC(=NC)NCCc1c(C)noc1C. The summed E-state index contributed by atoms with van der Waals surface area (Å²) in [6, 6.07) is 0.446. The quantitative estimate of drug-likeness (QED) is 0.439. The summed E-state index contributed by atoms with van der Waals surface area (Å²) in [5, 5.41) is 10.8. The van der Waals surface area contributed by atoms with E-state index in [1.165, 1.54) is 31.2 Å². The van der Waals surface area contributed by atoms with Crippen molar-refractivity contribution in [3.63, 3.8) is 0 Å². The topological polar surface area (TPSA) is 62.5 Å². The van der Waals surface area contributed by atoms with Gasteiger partial charge in [0, 0.05) is 25.2 Å². The molecule has 120 valence electrons. The molecule has 0 saturated heterocycles. The zero-order valence-electron chi connectivity index (χ0n) is 14.1. The van der Waals surface area contributed by atoms with Crippen LogP contribution in [0.4, 0.5) is 0 Å². The van der Waals surface area contributed by atoms with Crippen LogP contribution in [0.5, 0.6) is 0 Å². The molecule has 0 amide bonds. The van der Waals surface area contributed by atoms with Gasteiger partial charge in [-0.25, -0.2) is 0 Å². The number of hydrogen-bond acceptors (Lipinski definition) is 3. The van der Waals surface area contributed by atoms with Crippen LogP contribution in [0, 0.1) is 13.8 Å². The van der Waals surface area contributed by atoms with Gasteiger partial charge in [-0.3, -0.25) is 4.99 Å². The first-order valence-corrected chi connectivity index (χ1v) is 7.97. The van der Waals surface area contributed by atoms with E-state index in [9.17, 15) is 0 Å². The van der Waals surface area contributed by atoms with Crippen molar-refractivity contribution in [1.82, 2.24) is 15.8 Å². The molecular formula is C16H30N4O. The van der Waals surface area contributed by atoms with E-state index in [1.54, 1.807) is 0 Å². The van der Waals surface area contributed by atoms with Crippen LogP contribution in [0.3, 0.4) is 0 Å². The number of unbranched alkanes of at least 4 members (excludes halogenated alkanes) is 2. The summed E-state index contributed by atoms with van der Waals surface area (Å²) in [6.07, 6.45) is 5.90. The van der Waals surface area contributed by atoms with E-state index in [0.717, 1.165) is 30.4 Å². The van der Waals surface area contributed by atoms with Gasteiger partial charge < -0.3 is 15.2 Å². The van der Waals surface area contributed by atoms with Gasteiger partial charge in [-0.05, 0) is 33.6 Å². The Kier molecular flexibility index (Phi) is 7.87. The molecule has 0 aliphatic carbocycles. The average Bonchev–Trinajstić information content (AvgIpc) is 2.78. The minimum Gasteiger partial charge on any atom is -0.361 e. The fraction of sp³-hybridized carbons (Fsp3) is 0.750. The fourth-order valence-corrected chi connectivity index (χ4v) is 2.37. The molecule has 1 unspecified atom stereocenters. The lowest BCUT2D eigenvalue weighted by atomic mass is 10.1. The van der Waals surface area contributed by atoms with Crippen LogP contribution in [0.25, 0.3) is 0 Å². The van der Waals surface area contributed by atoms with E-state index in [2.05, 4.69) is 34.6 Å². The van der Waals surface area contributed by atoms with E-state index in [1.807, 2.05) is 20.9 Å². The Morgan fingerprint density at radius 3 is 2.67 bits per heavy atom. The lowest BCUT2D eigenvalue weighted by Gasteiger charge is -2.17. The van der Waals surface area contributed by atoms with E-state index in [0.29, 0.717) is 6.04 Å². The van der Waals surface area contributed by atoms with E-state index in [4.69, 9.17) is 4.52 Å². The molecule has 1 heterocycles. The predicted molar refractivity (Wildman–Crippen MR) is 87.8 cm³/mol. The van der Waals surface area contributed by atoms with Crippen molar-refractivity contribution in [2.75, 3.05) is 13.6 Å². The molecule has 0 bridgehead atoms. The molecule has 1 rings (SSSR count). The summed E-state index contributed by atoms with van der Waals surface area (Å²) in [6.45, 7) is 9.20. The van der Waals surface area contributed by atoms with Crippen LogP contribution in [0.15, 0.2) is 9.52 Å². The average molecular weight is 294 g/mol. The second-order valence-electron chi connectivity index (χ2n) is 5.59. The Hall–Kier alpha value is -1.52. The highest BCUT2D eigenvalue weighted by molar-refractivity contribution is 5.79. The number of rotatable bonds is 8. The van der Waals surface area contributed by atoms with Gasteiger partial charge >= 0.3 is 0 Å². The van der Waals surface area contributed by atoms with Gasteiger partial charge in [0.1, 0.15) is 5.76 Å². The number of aryl methyl sites for hydroxylation is 2. The normalized spacial score (nSPS) is 13.3. The van der Waals surface area contributed by atoms with Crippen LogP contribution in [0.2, 0.25) is 0 Å². The highest BCUT2D eigenvalue weighted by atomic mass is 16.5. The first-order chi connectivity index (χ1) is 10.1. The van der Waals surface area contributed by atoms with Crippen molar-refractivity contribution in [3.05, 3.63) is 17.0 Å². The highest BCUT2D eigenvalue weighted by Crippen LogP contribution is 2.12. The summed E-state index contributed by atoms with van der Waals surface area (Å²) in [5.74, 6) is 1.77. The third kappa shape index (κ3) is 6.19. The predicted octanol–water partition coefficient (Wildman–Crippen LogP) is 2.97. The largest absolute Gasteiger partial charge is 0.361 e. The summed E-state index contributed by atoms with van der Waals surface area (Å²) in [4.78, 5) is 4.28. The molecule has 0 aliphatic rings. The Morgan fingerprint density at radius 1 is 1.33 bits per heavy atom. The van der Waals surface area contributed by atoms with Crippen LogP contribution in [-0.4, -0.2) is 30.8 Å². The van der Waals surface area contributed by atoms with Crippen molar-refractivity contribution >= 4 is 5.96 Å². The molecule has 1 aromatic rings. The zero-order valence-corrected chi connectivity index (χ0v) is 14.1. The van der Waals surface area contributed by atoms with E-state index >= 15 is 0 Å². The van der Waals surface area contributed by atoms with Crippen LogP contribution in [-0.2, 0) is 6.42 Å². The third-order valence-corrected chi connectivity index (χ3v) is 3.70. The fourth-order valence-electron chi connectivity index (χ4n) is 2.37. The lowest BCUT2D eigenvalue weighted by molar-refractivity contribution is 0.392. The maximum absolute atomic E-state index is 5.17. The van der Waals surface area contributed by atoms with Gasteiger partial charge in [0.05, 0.1) is 5.69 Å². The Morgan fingerprint density at radius 2 is 2.10 bits per heavy atom. The molecule has 2 N–H and O–H groups in total. The van der Waals surface area contributed by atoms with Crippen molar-refractivity contribution in [3.8, 4) is 0 Å². The van der Waals surface area contributed by atoms with E-state index < -0.39 is 0 Å². The minimum absolute atomic E-state index is 0.446. The maximum atomic E-state index is 5.17. The molecule has 0 saturated carbocycles. The standard InChI is InChI=1S/C16H30N4O/c1-6-7-8-9-12(2)19-16(17-5)18-11-10-15-13(3)20-21-14(15)4/h12H,6-11H2,1-5H3,(H2,17,18,19). The summed E-state index contributed by atoms with van der Waals surface area (Å²) < 4.78 is 5.17. The number of aliphatic imine (C=N–C) groups is 1. The number of nitrogens with one attached hydrogen (secondary N) is 2. The van der Waals surface area contributed by atoms with Gasteiger partial charge in [0.15, 0.2) is 5.96 Å². The molecule has 1 aromatic heterocycles. The molecule has 0 aromatic carbocycles. The van der Waals surface area contributed by atoms with E-state index in [-0.39, 0.29) is 0 Å². The van der Waals surface area contributed by atoms with Crippen LogP contribution in [0.1, 0.15) is 56.5 Å². The number of guanidine groups is 1. The molecule has 0 spiro atoms. The second-order valence-corrected chi connectivity index (χ2v) is 5.59. The van der Waals surface area contributed by atoms with Crippen molar-refractivity contribution in [2.24, 2.45) is 4.99 Å². The zero-order chi connectivity index (χ0) is 15.7. The summed E-state index contributed by atoms with van der Waals surface area (Å²) in [5.41, 5.74) is 2.17. The van der Waals surface area contributed by atoms with Gasteiger partial charge in [0.25, 0.3) is 0 Å². The van der Waals surface area contributed by atoms with Gasteiger partial charge in [-0.1, -0.05) is 31.3 Å². The van der Waals surface area contributed by atoms with Gasteiger partial charge in [0.2, 0.25) is 0 Å². The molecule has 0 aliphatic heterocycles. The lowest BCUT2D eigenvalue weighted by Crippen LogP contribution is -2.42. The monoisotopic (exact) mass is 294 g/mol. The smallest absolute Gasteiger partial charge is 0.191 e. The second kappa shape index (κ2) is 9.42. The summed E-state index contributed by atoms with van der Waals surface area (Å²) >= 11 is 0. The summed E-state index contributed by atoms with van der Waals surface area (Å²) in [7, 11) is 1.81. The van der Waals surface area contributed by atoms with Crippen molar-refractivity contribution < 1.29 is 4.52 Å².